The van der Waals surface area contributed by atoms with E-state index in [0.29, 0.717) is 5.88 Å². The first kappa shape index (κ1) is 17.9. The zero-order valence-electron chi connectivity index (χ0n) is 11.8. The molecule has 0 amide bonds. The fourth-order valence-corrected chi connectivity index (χ4v) is 1.65. The number of ether oxygens (including phenoxy) is 1. The molecule has 0 aliphatic heterocycles. The van der Waals surface area contributed by atoms with Crippen molar-refractivity contribution in [2.24, 2.45) is 0 Å². The third-order valence-electron chi connectivity index (χ3n) is 2.48. The fourth-order valence-electron chi connectivity index (χ4n) is 1.65. The molecule has 2 rings (SSSR count). The monoisotopic (exact) mass is 425 g/mol. The van der Waals surface area contributed by atoms with Crippen LogP contribution in [0.3, 0.4) is 0 Å². The molecule has 2 nitrogen and oxygen atoms in total. The Kier molecular flexibility index (Phi) is 7.00. The molecule has 2 aromatic rings. The van der Waals surface area contributed by atoms with E-state index in [1.54, 1.807) is 12.3 Å². The molecular weight excluding hydrogens is 406 g/mol. The van der Waals surface area contributed by atoms with E-state index in [4.69, 9.17) is 4.74 Å². The minimum atomic E-state index is 0. The second kappa shape index (κ2) is 7.45. The van der Waals surface area contributed by atoms with Crippen molar-refractivity contribution in [3.63, 3.8) is 0 Å². The molecule has 1 heterocycles. The van der Waals surface area contributed by atoms with Crippen LogP contribution in [0.1, 0.15) is 26.3 Å². The van der Waals surface area contributed by atoms with Gasteiger partial charge in [-0.1, -0.05) is 45.2 Å². The van der Waals surface area contributed by atoms with Crippen molar-refractivity contribution in [1.82, 2.24) is 4.98 Å². The second-order valence-electron chi connectivity index (χ2n) is 4.93. The van der Waals surface area contributed by atoms with E-state index in [1.807, 2.05) is 24.3 Å². The Bertz CT molecular complexity index is 492. The van der Waals surface area contributed by atoms with Gasteiger partial charge >= 0.3 is 21.1 Å². The molecule has 0 N–H and O–H groups in total. The minimum absolute atomic E-state index is 0. The molecule has 0 fully saturated rings. The molecule has 0 aliphatic carbocycles. The fraction of sp³-hybridized carbons (Fsp3) is 0.250. The number of aromatic nitrogens is 1. The van der Waals surface area contributed by atoms with Crippen LogP contribution in [0.25, 0.3) is 0 Å². The van der Waals surface area contributed by atoms with Gasteiger partial charge in [0.1, 0.15) is 11.6 Å². The van der Waals surface area contributed by atoms with E-state index >= 15 is 0 Å². The van der Waals surface area contributed by atoms with Crippen LogP contribution in [-0.2, 0) is 26.5 Å². The molecule has 1 aromatic heterocycles. The first-order valence-electron chi connectivity index (χ1n) is 5.67. The molecule has 0 radical (unpaired) electrons. The normalized spacial score (nSPS) is 10.1. The Labute approximate surface area is 130 Å². The molecule has 0 saturated heterocycles. The third-order valence-corrected chi connectivity index (χ3v) is 2.48. The molecule has 100 valence electrons. The molecule has 1 aromatic carbocycles. The van der Waals surface area contributed by atoms with E-state index in [0.717, 1.165) is 5.75 Å². The van der Waals surface area contributed by atoms with Crippen LogP contribution in [0, 0.1) is 13.5 Å². The van der Waals surface area contributed by atoms with Crippen molar-refractivity contribution in [3.05, 3.63) is 61.7 Å². The molecular formula is C16H19NOW. The summed E-state index contributed by atoms with van der Waals surface area (Å²) in [6, 6.07) is 14.6. The number of para-hydroxylation sites is 1. The largest absolute Gasteiger partial charge is 2.00 e. The van der Waals surface area contributed by atoms with E-state index < -0.39 is 0 Å². The Morgan fingerprint density at radius 2 is 1.79 bits per heavy atom. The quantitative estimate of drug-likeness (QED) is 0.665. The van der Waals surface area contributed by atoms with Gasteiger partial charge in [0.2, 0.25) is 0 Å². The summed E-state index contributed by atoms with van der Waals surface area (Å²) in [5.74, 6) is 1.35. The summed E-state index contributed by atoms with van der Waals surface area (Å²) >= 11 is 0. The zero-order valence-corrected chi connectivity index (χ0v) is 14.7. The summed E-state index contributed by atoms with van der Waals surface area (Å²) in [6.07, 6.45) is 1.70. The summed E-state index contributed by atoms with van der Waals surface area (Å²) < 4.78 is 5.77. The van der Waals surface area contributed by atoms with Crippen molar-refractivity contribution >= 4 is 0 Å². The molecule has 0 atom stereocenters. The predicted octanol–water partition coefficient (Wildman–Crippen LogP) is 4.42. The topological polar surface area (TPSA) is 22.1 Å². The first-order chi connectivity index (χ1) is 8.07. The number of pyridine rings is 1. The van der Waals surface area contributed by atoms with E-state index in [-0.39, 0.29) is 33.9 Å². The zero-order chi connectivity index (χ0) is 12.3. The van der Waals surface area contributed by atoms with Crippen molar-refractivity contribution in [3.8, 4) is 11.6 Å². The number of hydrogen-bond acceptors (Lipinski definition) is 2. The van der Waals surface area contributed by atoms with Gasteiger partial charge in [0.25, 0.3) is 0 Å². The first-order valence-corrected chi connectivity index (χ1v) is 5.67. The number of rotatable bonds is 2. The molecule has 19 heavy (non-hydrogen) atoms. The van der Waals surface area contributed by atoms with Crippen molar-refractivity contribution < 1.29 is 25.8 Å². The molecule has 3 heteroatoms. The summed E-state index contributed by atoms with van der Waals surface area (Å²) in [7, 11) is 0. The standard InChI is InChI=1S/C15H16NO.CH3.W/c1-15(2,3)12-8-4-5-9-13(12)17-14-10-6-7-11-16-14;;/h4-9,11H,1-3H3;1H3;/q2*-1;+2. The predicted molar refractivity (Wildman–Crippen MR) is 74.7 cm³/mol. The van der Waals surface area contributed by atoms with Gasteiger partial charge in [0.05, 0.1) is 0 Å². The molecule has 0 bridgehead atoms. The Hall–Kier alpha value is -1.14. The van der Waals surface area contributed by atoms with Gasteiger partial charge in [-0.25, -0.2) is 6.07 Å². The number of hydrogen-bond donors (Lipinski definition) is 0. The van der Waals surface area contributed by atoms with Crippen LogP contribution in [0.5, 0.6) is 11.6 Å². The van der Waals surface area contributed by atoms with E-state index in [9.17, 15) is 0 Å². The number of nitrogens with zero attached hydrogens (tertiary/aromatic N) is 1. The minimum Gasteiger partial charge on any atom is -0.458 e. The van der Waals surface area contributed by atoms with Gasteiger partial charge in [0.15, 0.2) is 0 Å². The van der Waals surface area contributed by atoms with Crippen LogP contribution in [0.4, 0.5) is 0 Å². The smallest absolute Gasteiger partial charge is 0.458 e. The van der Waals surface area contributed by atoms with Crippen LogP contribution in [0.2, 0.25) is 0 Å². The van der Waals surface area contributed by atoms with Crippen molar-refractivity contribution in [2.45, 2.75) is 26.2 Å². The molecule has 0 aliphatic rings. The SMILES string of the molecule is CC(C)(C)c1ccccc1Oc1[c-]cccn1.[CH3-].[W+2]. The summed E-state index contributed by atoms with van der Waals surface area (Å²) in [5.41, 5.74) is 1.21. The van der Waals surface area contributed by atoms with Gasteiger partial charge in [-0.2, -0.15) is 12.1 Å². The van der Waals surface area contributed by atoms with Gasteiger partial charge in [0, 0.05) is 5.56 Å². The Morgan fingerprint density at radius 1 is 1.11 bits per heavy atom. The average Bonchev–Trinajstić information content (AvgIpc) is 2.30. The Morgan fingerprint density at radius 3 is 2.37 bits per heavy atom. The maximum atomic E-state index is 5.77. The maximum absolute atomic E-state index is 5.77. The average molecular weight is 425 g/mol. The van der Waals surface area contributed by atoms with Gasteiger partial charge in [-0.15, -0.1) is 0 Å². The van der Waals surface area contributed by atoms with Crippen molar-refractivity contribution in [2.75, 3.05) is 0 Å². The molecule has 0 spiro atoms. The molecule has 0 unspecified atom stereocenters. The maximum Gasteiger partial charge on any atom is 2.00 e. The van der Waals surface area contributed by atoms with Crippen molar-refractivity contribution in [1.29, 1.82) is 0 Å². The summed E-state index contributed by atoms with van der Waals surface area (Å²) in [6.45, 7) is 6.49. The van der Waals surface area contributed by atoms with Gasteiger partial charge in [-0.3, -0.25) is 4.98 Å². The van der Waals surface area contributed by atoms with E-state index in [1.165, 1.54) is 5.56 Å². The summed E-state index contributed by atoms with van der Waals surface area (Å²) in [4.78, 5) is 4.12. The van der Waals surface area contributed by atoms with Gasteiger partial charge < -0.3 is 12.2 Å². The van der Waals surface area contributed by atoms with Crippen LogP contribution >= 0.6 is 0 Å². The van der Waals surface area contributed by atoms with E-state index in [2.05, 4.69) is 37.9 Å². The Balaban J connectivity index is 0.00000162. The van der Waals surface area contributed by atoms with Gasteiger partial charge in [-0.05, 0) is 11.5 Å². The molecule has 0 saturated carbocycles. The summed E-state index contributed by atoms with van der Waals surface area (Å²) in [5, 5.41) is 0. The third kappa shape index (κ3) is 4.80. The number of benzene rings is 1. The van der Waals surface area contributed by atoms with Crippen LogP contribution in [0.15, 0.2) is 42.6 Å². The second-order valence-corrected chi connectivity index (χ2v) is 4.93. The van der Waals surface area contributed by atoms with Crippen LogP contribution < -0.4 is 4.74 Å². The van der Waals surface area contributed by atoms with Crippen LogP contribution in [-0.4, -0.2) is 4.98 Å².